The van der Waals surface area contributed by atoms with Crippen LogP contribution in [0.15, 0.2) is 29.3 Å². The Morgan fingerprint density at radius 1 is 1.29 bits per heavy atom. The average Bonchev–Trinajstić information content (AvgIpc) is 2.79. The Bertz CT molecular complexity index is 532. The van der Waals surface area contributed by atoms with Gasteiger partial charge in [-0.2, -0.15) is 14.0 Å². The molecule has 17 heavy (non-hydrogen) atoms. The average molecular weight is 283 g/mol. The molecule has 1 aromatic heterocycles. The van der Waals surface area contributed by atoms with E-state index in [1.165, 1.54) is 23.9 Å². The van der Waals surface area contributed by atoms with Crippen molar-refractivity contribution in [2.75, 3.05) is 5.08 Å². The van der Waals surface area contributed by atoms with Gasteiger partial charge in [-0.25, -0.2) is 4.39 Å². The first-order valence-electron chi connectivity index (χ1n) is 4.53. The molecule has 0 saturated heterocycles. The van der Waals surface area contributed by atoms with E-state index in [0.29, 0.717) is 5.08 Å². The summed E-state index contributed by atoms with van der Waals surface area (Å²) in [6.07, 6.45) is 0. The van der Waals surface area contributed by atoms with Crippen molar-refractivity contribution >= 4 is 35.3 Å². The number of hydrogen-bond donors (Lipinski definition) is 0. The molecule has 3 nitrogen and oxygen atoms in total. The number of thiocyanates is 1. The molecule has 2 aromatic rings. The van der Waals surface area contributed by atoms with E-state index in [1.54, 1.807) is 12.1 Å². The molecule has 0 radical (unpaired) electrons. The van der Waals surface area contributed by atoms with Gasteiger partial charge in [-0.1, -0.05) is 11.8 Å². The van der Waals surface area contributed by atoms with Gasteiger partial charge in [0.25, 0.3) is 0 Å². The Balaban J connectivity index is 2.19. The number of nitrogens with zero attached hydrogens (tertiary/aromatic N) is 3. The summed E-state index contributed by atoms with van der Waals surface area (Å²) in [5.74, 6) is -0.272. The van der Waals surface area contributed by atoms with Crippen molar-refractivity contribution in [1.82, 2.24) is 8.75 Å². The third-order valence-corrected chi connectivity index (χ3v) is 4.17. The molecule has 1 aromatic carbocycles. The summed E-state index contributed by atoms with van der Waals surface area (Å²) in [5.41, 5.74) is 1.59. The summed E-state index contributed by atoms with van der Waals surface area (Å²) < 4.78 is 21.2. The van der Waals surface area contributed by atoms with Crippen LogP contribution in [0.2, 0.25) is 0 Å². The monoisotopic (exact) mass is 283 g/mol. The van der Waals surface area contributed by atoms with Gasteiger partial charge in [-0.3, -0.25) is 0 Å². The van der Waals surface area contributed by atoms with Crippen LogP contribution in [-0.2, 0) is 0 Å². The second-order valence-electron chi connectivity index (χ2n) is 2.92. The number of thioether (sulfide) groups is 2. The van der Waals surface area contributed by atoms with Crippen molar-refractivity contribution in [3.63, 3.8) is 0 Å². The molecule has 0 N–H and O–H groups in total. The number of halogens is 1. The summed E-state index contributed by atoms with van der Waals surface area (Å²) in [7, 11) is 0. The highest BCUT2D eigenvalue weighted by Gasteiger charge is 2.10. The van der Waals surface area contributed by atoms with Gasteiger partial charge in [0, 0.05) is 5.56 Å². The van der Waals surface area contributed by atoms with Gasteiger partial charge in [0.2, 0.25) is 0 Å². The fourth-order valence-electron chi connectivity index (χ4n) is 1.17. The molecule has 7 heteroatoms. The van der Waals surface area contributed by atoms with E-state index < -0.39 is 0 Å². The molecule has 0 saturated carbocycles. The maximum atomic E-state index is 12.8. The van der Waals surface area contributed by atoms with Crippen LogP contribution >= 0.6 is 35.3 Å². The van der Waals surface area contributed by atoms with Crippen LogP contribution in [0.4, 0.5) is 4.39 Å². The Hall–Kier alpha value is -1.10. The van der Waals surface area contributed by atoms with Gasteiger partial charge in [0.1, 0.15) is 21.9 Å². The first-order chi connectivity index (χ1) is 8.31. The molecule has 0 aliphatic heterocycles. The fraction of sp³-hybridized carbons (Fsp3) is 0.100. The normalized spacial score (nSPS) is 10.1. The van der Waals surface area contributed by atoms with Crippen molar-refractivity contribution < 1.29 is 4.39 Å². The van der Waals surface area contributed by atoms with E-state index in [9.17, 15) is 4.39 Å². The van der Waals surface area contributed by atoms with Crippen LogP contribution in [-0.4, -0.2) is 13.8 Å². The van der Waals surface area contributed by atoms with Crippen molar-refractivity contribution in [2.45, 2.75) is 5.03 Å². The van der Waals surface area contributed by atoms with Crippen LogP contribution < -0.4 is 0 Å². The van der Waals surface area contributed by atoms with Gasteiger partial charge in [-0.15, -0.1) is 0 Å². The van der Waals surface area contributed by atoms with E-state index in [4.69, 9.17) is 5.26 Å². The number of aromatic nitrogens is 2. The van der Waals surface area contributed by atoms with Crippen LogP contribution in [0.1, 0.15) is 0 Å². The molecule has 2 rings (SSSR count). The zero-order chi connectivity index (χ0) is 12.1. The van der Waals surface area contributed by atoms with Crippen molar-refractivity contribution in [1.29, 1.82) is 5.26 Å². The molecular weight excluding hydrogens is 277 g/mol. The number of rotatable bonds is 4. The highest BCUT2D eigenvalue weighted by Crippen LogP contribution is 2.31. The molecule has 86 valence electrons. The molecule has 0 spiro atoms. The lowest BCUT2D eigenvalue weighted by atomic mass is 10.2. The minimum atomic E-state index is -0.272. The minimum Gasteiger partial charge on any atom is -0.207 e. The molecule has 0 fully saturated rings. The fourth-order valence-corrected chi connectivity index (χ4v) is 3.21. The summed E-state index contributed by atoms with van der Waals surface area (Å²) in [4.78, 5) is 0. The first kappa shape index (κ1) is 12.4. The van der Waals surface area contributed by atoms with Crippen molar-refractivity contribution in [3.05, 3.63) is 30.1 Å². The highest BCUT2D eigenvalue weighted by molar-refractivity contribution is 8.18. The predicted octanol–water partition coefficient (Wildman–Crippen LogP) is 3.61. The molecule has 0 atom stereocenters. The smallest absolute Gasteiger partial charge is 0.139 e. The van der Waals surface area contributed by atoms with Gasteiger partial charge >= 0.3 is 0 Å². The zero-order valence-electron chi connectivity index (χ0n) is 8.46. The second-order valence-corrected chi connectivity index (χ2v) is 5.54. The maximum absolute atomic E-state index is 12.8. The second kappa shape index (κ2) is 6.00. The van der Waals surface area contributed by atoms with Gasteiger partial charge in [0.05, 0.1) is 16.8 Å². The Labute approximate surface area is 110 Å². The van der Waals surface area contributed by atoms with Crippen LogP contribution in [0.3, 0.4) is 0 Å². The SMILES string of the molecule is N#CSCSc1nsnc1-c1ccc(F)cc1. The molecular formula is C10H6FN3S3. The van der Waals surface area contributed by atoms with E-state index in [1.807, 2.05) is 5.40 Å². The molecule has 0 aliphatic carbocycles. The van der Waals surface area contributed by atoms with Crippen molar-refractivity contribution in [2.24, 2.45) is 0 Å². The van der Waals surface area contributed by atoms with E-state index >= 15 is 0 Å². The topological polar surface area (TPSA) is 49.6 Å². The first-order valence-corrected chi connectivity index (χ1v) is 7.23. The van der Waals surface area contributed by atoms with Crippen LogP contribution in [0.5, 0.6) is 0 Å². The van der Waals surface area contributed by atoms with Crippen LogP contribution in [0, 0.1) is 16.5 Å². The Morgan fingerprint density at radius 2 is 2.06 bits per heavy atom. The Kier molecular flexibility index (Phi) is 4.36. The maximum Gasteiger partial charge on any atom is 0.139 e. The predicted molar refractivity (Wildman–Crippen MR) is 69.2 cm³/mol. The zero-order valence-corrected chi connectivity index (χ0v) is 10.9. The summed E-state index contributed by atoms with van der Waals surface area (Å²) >= 11 is 3.74. The molecule has 0 aliphatic rings. The number of benzene rings is 1. The highest BCUT2D eigenvalue weighted by atomic mass is 32.2. The lowest BCUT2D eigenvalue weighted by molar-refractivity contribution is 0.628. The lowest BCUT2D eigenvalue weighted by Crippen LogP contribution is -1.82. The lowest BCUT2D eigenvalue weighted by Gasteiger charge is -1.99. The van der Waals surface area contributed by atoms with Gasteiger partial charge < -0.3 is 0 Å². The molecule has 0 bridgehead atoms. The standard InChI is InChI=1S/C10H6FN3S3/c11-8-3-1-7(2-4-8)9-10(14-17-13-9)16-6-15-5-12/h1-4H,6H2. The number of nitriles is 1. The van der Waals surface area contributed by atoms with E-state index in [2.05, 4.69) is 8.75 Å². The van der Waals surface area contributed by atoms with Gasteiger partial charge in [0.15, 0.2) is 0 Å². The molecule has 0 unspecified atom stereocenters. The summed E-state index contributed by atoms with van der Waals surface area (Å²) in [6.45, 7) is 0. The summed E-state index contributed by atoms with van der Waals surface area (Å²) in [5, 5.41) is 11.8. The molecule has 0 amide bonds. The number of hydrogen-bond acceptors (Lipinski definition) is 6. The summed E-state index contributed by atoms with van der Waals surface area (Å²) in [6, 6.07) is 6.14. The van der Waals surface area contributed by atoms with Crippen LogP contribution in [0.25, 0.3) is 11.3 Å². The Morgan fingerprint density at radius 3 is 2.76 bits per heavy atom. The third-order valence-electron chi connectivity index (χ3n) is 1.90. The van der Waals surface area contributed by atoms with E-state index in [0.717, 1.165) is 39.8 Å². The molecule has 1 heterocycles. The third kappa shape index (κ3) is 3.19. The van der Waals surface area contributed by atoms with Gasteiger partial charge in [-0.05, 0) is 36.0 Å². The van der Waals surface area contributed by atoms with Crippen molar-refractivity contribution in [3.8, 4) is 16.7 Å². The minimum absolute atomic E-state index is 0.272. The largest absolute Gasteiger partial charge is 0.207 e. The quantitative estimate of drug-likeness (QED) is 0.371. The van der Waals surface area contributed by atoms with E-state index in [-0.39, 0.29) is 5.82 Å².